The second-order valence-electron chi connectivity index (χ2n) is 8.33. The van der Waals surface area contributed by atoms with Crippen LogP contribution in [0.3, 0.4) is 0 Å². The molecule has 1 aliphatic heterocycles. The normalized spacial score (nSPS) is 20.4. The number of anilines is 1. The Morgan fingerprint density at radius 1 is 1.12 bits per heavy atom. The van der Waals surface area contributed by atoms with Crippen LogP contribution < -0.4 is 4.72 Å². The SMILES string of the molecule is COC1=CCC(C)(C(=O)N2CCC2)C=C1S(=O)(=O)Nc1cc(-c2ccccc2)c(F)cc1F. The molecule has 6 nitrogen and oxygen atoms in total. The first-order chi connectivity index (χ1) is 15.6. The quantitative estimate of drug-likeness (QED) is 0.672. The van der Waals surface area contributed by atoms with Crippen molar-refractivity contribution < 1.29 is 26.7 Å². The molecule has 9 heteroatoms. The largest absolute Gasteiger partial charge is 0.496 e. The summed E-state index contributed by atoms with van der Waals surface area (Å²) in [6, 6.07) is 10.2. The Morgan fingerprint density at radius 3 is 2.42 bits per heavy atom. The Bertz CT molecular complexity index is 1250. The lowest BCUT2D eigenvalue weighted by atomic mass is 9.81. The van der Waals surface area contributed by atoms with E-state index in [1.54, 1.807) is 48.2 Å². The molecule has 1 heterocycles. The van der Waals surface area contributed by atoms with Crippen molar-refractivity contribution in [3.05, 3.63) is 76.9 Å². The van der Waals surface area contributed by atoms with Gasteiger partial charge in [-0.05, 0) is 43.5 Å². The van der Waals surface area contributed by atoms with E-state index in [9.17, 15) is 22.0 Å². The van der Waals surface area contributed by atoms with E-state index in [0.29, 0.717) is 24.7 Å². The van der Waals surface area contributed by atoms with Crippen molar-refractivity contribution in [3.8, 4) is 11.1 Å². The molecule has 0 spiro atoms. The third-order valence-corrected chi connectivity index (χ3v) is 7.32. The van der Waals surface area contributed by atoms with Gasteiger partial charge in [-0.2, -0.15) is 0 Å². The molecule has 4 rings (SSSR count). The van der Waals surface area contributed by atoms with Crippen molar-refractivity contribution in [1.29, 1.82) is 0 Å². The Kier molecular flexibility index (Phi) is 6.00. The maximum absolute atomic E-state index is 14.6. The van der Waals surface area contributed by atoms with Crippen LogP contribution in [0, 0.1) is 17.0 Å². The second-order valence-corrected chi connectivity index (χ2v) is 9.98. The zero-order valence-electron chi connectivity index (χ0n) is 18.3. The van der Waals surface area contributed by atoms with Gasteiger partial charge in [0.15, 0.2) is 0 Å². The van der Waals surface area contributed by atoms with Gasteiger partial charge in [-0.25, -0.2) is 17.2 Å². The summed E-state index contributed by atoms with van der Waals surface area (Å²) in [6.07, 6.45) is 4.08. The molecular formula is C24H24F2N2O4S. The van der Waals surface area contributed by atoms with Crippen molar-refractivity contribution in [2.24, 2.45) is 5.41 Å². The van der Waals surface area contributed by atoms with Crippen LogP contribution in [0.1, 0.15) is 19.8 Å². The predicted octanol–water partition coefficient (Wildman–Crippen LogP) is 4.43. The molecule has 1 N–H and O–H groups in total. The van der Waals surface area contributed by atoms with E-state index in [1.165, 1.54) is 13.2 Å². The fourth-order valence-electron chi connectivity index (χ4n) is 3.91. The molecule has 1 unspecified atom stereocenters. The van der Waals surface area contributed by atoms with Crippen LogP contribution in [-0.2, 0) is 19.6 Å². The van der Waals surface area contributed by atoms with Gasteiger partial charge >= 0.3 is 0 Å². The van der Waals surface area contributed by atoms with Gasteiger partial charge < -0.3 is 9.64 Å². The maximum Gasteiger partial charge on any atom is 0.265 e. The number of carbonyl (C=O) groups is 1. The van der Waals surface area contributed by atoms with Crippen LogP contribution in [0.5, 0.6) is 0 Å². The van der Waals surface area contributed by atoms with Gasteiger partial charge in [0.25, 0.3) is 10.0 Å². The van der Waals surface area contributed by atoms with Crippen LogP contribution in [0.15, 0.2) is 65.3 Å². The molecule has 174 valence electrons. The molecule has 1 fully saturated rings. The van der Waals surface area contributed by atoms with Crippen molar-refractivity contribution in [2.45, 2.75) is 19.8 Å². The topological polar surface area (TPSA) is 75.7 Å². The fourth-order valence-corrected chi connectivity index (χ4v) is 5.32. The minimum Gasteiger partial charge on any atom is -0.496 e. The molecule has 0 bridgehead atoms. The van der Waals surface area contributed by atoms with E-state index in [4.69, 9.17) is 4.74 Å². The van der Waals surface area contributed by atoms with Gasteiger partial charge in [0.2, 0.25) is 5.91 Å². The second kappa shape index (κ2) is 8.62. The predicted molar refractivity (Wildman–Crippen MR) is 121 cm³/mol. The van der Waals surface area contributed by atoms with E-state index >= 15 is 0 Å². The first-order valence-electron chi connectivity index (χ1n) is 10.5. The Balaban J connectivity index is 1.71. The van der Waals surface area contributed by atoms with Crippen LogP contribution in [0.25, 0.3) is 11.1 Å². The lowest BCUT2D eigenvalue weighted by molar-refractivity contribution is -0.142. The number of hydrogen-bond donors (Lipinski definition) is 1. The lowest BCUT2D eigenvalue weighted by Gasteiger charge is -2.39. The van der Waals surface area contributed by atoms with Crippen molar-refractivity contribution in [3.63, 3.8) is 0 Å². The van der Waals surface area contributed by atoms with Crippen molar-refractivity contribution >= 4 is 21.6 Å². The molecule has 1 saturated heterocycles. The van der Waals surface area contributed by atoms with Crippen LogP contribution in [0.2, 0.25) is 0 Å². The number of sulfonamides is 1. The minimum atomic E-state index is -4.37. The number of rotatable bonds is 6. The Morgan fingerprint density at radius 2 is 1.82 bits per heavy atom. The summed E-state index contributed by atoms with van der Waals surface area (Å²) in [7, 11) is -3.05. The number of likely N-dealkylation sites (tertiary alicyclic amines) is 1. The molecule has 2 aliphatic rings. The number of ether oxygens (including phenoxy) is 1. The van der Waals surface area contributed by atoms with E-state index in [0.717, 1.165) is 12.5 Å². The molecule has 1 amide bonds. The highest BCUT2D eigenvalue weighted by atomic mass is 32.2. The highest BCUT2D eigenvalue weighted by Crippen LogP contribution is 2.39. The number of halogens is 2. The third kappa shape index (κ3) is 4.37. The first-order valence-corrected chi connectivity index (χ1v) is 12.0. The number of carbonyl (C=O) groups excluding carboxylic acids is 1. The molecule has 0 saturated carbocycles. The molecule has 2 aromatic carbocycles. The molecular weight excluding hydrogens is 450 g/mol. The van der Waals surface area contributed by atoms with Gasteiger partial charge in [-0.15, -0.1) is 0 Å². The fraction of sp³-hybridized carbons (Fsp3) is 0.292. The van der Waals surface area contributed by atoms with Gasteiger partial charge in [-0.1, -0.05) is 30.3 Å². The van der Waals surface area contributed by atoms with Gasteiger partial charge in [-0.3, -0.25) is 9.52 Å². The summed E-state index contributed by atoms with van der Waals surface area (Å²) < 4.78 is 63.0. The summed E-state index contributed by atoms with van der Waals surface area (Å²) in [5, 5.41) is 0. The highest BCUT2D eigenvalue weighted by molar-refractivity contribution is 7.96. The van der Waals surface area contributed by atoms with E-state index in [-0.39, 0.29) is 28.6 Å². The van der Waals surface area contributed by atoms with Crippen LogP contribution in [0.4, 0.5) is 14.5 Å². The monoisotopic (exact) mass is 474 g/mol. The van der Waals surface area contributed by atoms with Gasteiger partial charge in [0.05, 0.1) is 18.2 Å². The van der Waals surface area contributed by atoms with E-state index < -0.39 is 32.8 Å². The zero-order valence-corrected chi connectivity index (χ0v) is 19.1. The maximum atomic E-state index is 14.6. The molecule has 0 aromatic heterocycles. The molecule has 0 radical (unpaired) electrons. The average Bonchev–Trinajstić information content (AvgIpc) is 2.75. The summed E-state index contributed by atoms with van der Waals surface area (Å²) in [6.45, 7) is 2.93. The average molecular weight is 475 g/mol. The Hall–Kier alpha value is -3.20. The van der Waals surface area contributed by atoms with Gasteiger partial charge in [0.1, 0.15) is 22.3 Å². The standard InChI is InChI=1S/C24H24F2N2O4S/c1-24(23(29)28-11-6-12-28)10-9-21(32-2)22(15-24)33(30,31)27-20-13-17(18(25)14-19(20)26)16-7-4-3-5-8-16/h3-5,7-9,13-15,27H,6,10-12H2,1-2H3. The van der Waals surface area contributed by atoms with Crippen LogP contribution in [-0.4, -0.2) is 39.4 Å². The van der Waals surface area contributed by atoms with Gasteiger partial charge in [0, 0.05) is 24.7 Å². The summed E-state index contributed by atoms with van der Waals surface area (Å²) >= 11 is 0. The van der Waals surface area contributed by atoms with E-state index in [2.05, 4.69) is 4.72 Å². The summed E-state index contributed by atoms with van der Waals surface area (Å²) in [5.74, 6) is -1.99. The van der Waals surface area contributed by atoms with Crippen LogP contribution >= 0.6 is 0 Å². The Labute approximate surface area is 191 Å². The third-order valence-electron chi connectivity index (χ3n) is 5.93. The number of benzene rings is 2. The number of nitrogens with zero attached hydrogens (tertiary/aromatic N) is 1. The first kappa shape index (κ1) is 23.0. The zero-order chi connectivity index (χ0) is 23.8. The summed E-state index contributed by atoms with van der Waals surface area (Å²) in [5.41, 5.74) is -0.971. The lowest BCUT2D eigenvalue weighted by Crippen LogP contribution is -2.49. The number of methoxy groups -OCH3 is 1. The van der Waals surface area contributed by atoms with E-state index in [1.807, 2.05) is 0 Å². The number of hydrogen-bond acceptors (Lipinski definition) is 4. The number of nitrogens with one attached hydrogen (secondary N) is 1. The molecule has 33 heavy (non-hydrogen) atoms. The molecule has 1 atom stereocenters. The van der Waals surface area contributed by atoms with Crippen molar-refractivity contribution in [1.82, 2.24) is 4.90 Å². The number of amides is 1. The highest BCUT2D eigenvalue weighted by Gasteiger charge is 2.41. The molecule has 1 aliphatic carbocycles. The summed E-state index contributed by atoms with van der Waals surface area (Å²) in [4.78, 5) is 14.3. The van der Waals surface area contributed by atoms with Crippen molar-refractivity contribution in [2.75, 3.05) is 24.9 Å². The molecule has 2 aromatic rings. The minimum absolute atomic E-state index is 0.0487. The smallest absolute Gasteiger partial charge is 0.265 e. The number of allylic oxidation sites excluding steroid dienone is 1.